The van der Waals surface area contributed by atoms with E-state index in [9.17, 15) is 22.4 Å². The molecule has 1 aromatic carbocycles. The molecule has 21 heavy (non-hydrogen) atoms. The number of rotatable bonds is 3. The van der Waals surface area contributed by atoms with Crippen molar-refractivity contribution in [1.82, 2.24) is 4.90 Å². The summed E-state index contributed by atoms with van der Waals surface area (Å²) >= 11 is 0. The van der Waals surface area contributed by atoms with Gasteiger partial charge in [0.05, 0.1) is 11.1 Å². The fourth-order valence-electron chi connectivity index (χ4n) is 2.57. The van der Waals surface area contributed by atoms with Crippen molar-refractivity contribution >= 4 is 5.91 Å². The van der Waals surface area contributed by atoms with Gasteiger partial charge in [-0.1, -0.05) is 6.07 Å². The minimum atomic E-state index is -4.81. The number of hydrogen-bond donors (Lipinski definition) is 1. The predicted octanol–water partition coefficient (Wildman–Crippen LogP) is 2.66. The molecule has 0 saturated carbocycles. The van der Waals surface area contributed by atoms with Crippen LogP contribution in [0.1, 0.15) is 28.8 Å². The Morgan fingerprint density at radius 3 is 2.71 bits per heavy atom. The van der Waals surface area contributed by atoms with Gasteiger partial charge in [0, 0.05) is 13.1 Å². The highest BCUT2D eigenvalue weighted by Gasteiger charge is 2.37. The third kappa shape index (κ3) is 3.34. The molecule has 0 aliphatic carbocycles. The van der Waals surface area contributed by atoms with Crippen LogP contribution in [0.15, 0.2) is 18.2 Å². The maximum atomic E-state index is 13.9. The number of likely N-dealkylation sites (tertiary alicyclic amines) is 1. The van der Waals surface area contributed by atoms with Gasteiger partial charge in [-0.3, -0.25) is 4.79 Å². The number of nitrogens with zero attached hydrogens (tertiary/aromatic N) is 1. The van der Waals surface area contributed by atoms with E-state index in [1.165, 1.54) is 4.90 Å². The van der Waals surface area contributed by atoms with Crippen molar-refractivity contribution in [3.63, 3.8) is 0 Å². The molecule has 1 amide bonds. The number of halogens is 4. The Morgan fingerprint density at radius 1 is 1.38 bits per heavy atom. The van der Waals surface area contributed by atoms with Crippen molar-refractivity contribution in [2.45, 2.75) is 19.0 Å². The lowest BCUT2D eigenvalue weighted by molar-refractivity contribution is -0.140. The highest BCUT2D eigenvalue weighted by molar-refractivity contribution is 5.95. The van der Waals surface area contributed by atoms with Crippen molar-refractivity contribution in [3.8, 4) is 0 Å². The Kier molecular flexibility index (Phi) is 4.51. The van der Waals surface area contributed by atoms with E-state index in [1.807, 2.05) is 0 Å². The first-order valence-corrected chi connectivity index (χ1v) is 6.69. The molecule has 2 rings (SSSR count). The highest BCUT2D eigenvalue weighted by atomic mass is 19.4. The molecule has 1 atom stereocenters. The first kappa shape index (κ1) is 15.8. The summed E-state index contributed by atoms with van der Waals surface area (Å²) in [5, 5.41) is 0. The summed E-state index contributed by atoms with van der Waals surface area (Å²) in [6.07, 6.45) is -3.33. The molecule has 0 spiro atoms. The molecule has 1 fully saturated rings. The van der Waals surface area contributed by atoms with Gasteiger partial charge in [0.15, 0.2) is 0 Å². The van der Waals surface area contributed by atoms with E-state index in [-0.39, 0.29) is 5.92 Å². The van der Waals surface area contributed by atoms with Crippen LogP contribution in [-0.2, 0) is 6.18 Å². The van der Waals surface area contributed by atoms with Crippen LogP contribution in [0, 0.1) is 11.7 Å². The summed E-state index contributed by atoms with van der Waals surface area (Å²) in [5.74, 6) is -1.97. The fraction of sp³-hybridized carbons (Fsp3) is 0.500. The van der Waals surface area contributed by atoms with Crippen LogP contribution in [0.25, 0.3) is 0 Å². The second kappa shape index (κ2) is 6.01. The van der Waals surface area contributed by atoms with Crippen molar-refractivity contribution in [3.05, 3.63) is 35.1 Å². The average molecular weight is 304 g/mol. The summed E-state index contributed by atoms with van der Waals surface area (Å²) in [6, 6.07) is 2.77. The first-order valence-electron chi connectivity index (χ1n) is 6.69. The molecule has 0 bridgehead atoms. The van der Waals surface area contributed by atoms with Gasteiger partial charge >= 0.3 is 6.18 Å². The van der Waals surface area contributed by atoms with Gasteiger partial charge in [-0.25, -0.2) is 4.39 Å². The molecular weight excluding hydrogens is 288 g/mol. The normalized spacial score (nSPS) is 19.1. The lowest BCUT2D eigenvalue weighted by Crippen LogP contribution is -2.30. The molecule has 116 valence electrons. The zero-order valence-electron chi connectivity index (χ0n) is 11.3. The molecule has 1 heterocycles. The Morgan fingerprint density at radius 2 is 2.10 bits per heavy atom. The summed E-state index contributed by atoms with van der Waals surface area (Å²) in [6.45, 7) is 1.32. The van der Waals surface area contributed by atoms with E-state index in [2.05, 4.69) is 0 Å². The highest BCUT2D eigenvalue weighted by Crippen LogP contribution is 2.33. The molecule has 1 aromatic rings. The largest absolute Gasteiger partial charge is 0.419 e. The van der Waals surface area contributed by atoms with Crippen molar-refractivity contribution < 1.29 is 22.4 Å². The number of amides is 1. The van der Waals surface area contributed by atoms with E-state index < -0.39 is 29.0 Å². The Hall–Kier alpha value is -1.63. The molecule has 1 aliphatic rings. The molecule has 1 aliphatic heterocycles. The monoisotopic (exact) mass is 304 g/mol. The molecule has 2 N–H and O–H groups in total. The Balaban J connectivity index is 2.21. The third-order valence-corrected chi connectivity index (χ3v) is 3.68. The number of benzene rings is 1. The summed E-state index contributed by atoms with van der Waals surface area (Å²) in [4.78, 5) is 13.6. The molecular formula is C14H16F4N2O. The standard InChI is InChI=1S/C14H16F4N2O/c15-12-10(2-1-3-11(12)14(16,17)18)13(21)20-7-5-9(8-20)4-6-19/h1-3,9H,4-8,19H2. The number of carbonyl (C=O) groups is 1. The topological polar surface area (TPSA) is 46.3 Å². The first-order chi connectivity index (χ1) is 9.84. The lowest BCUT2D eigenvalue weighted by atomic mass is 10.1. The zero-order chi connectivity index (χ0) is 15.6. The molecule has 1 unspecified atom stereocenters. The van der Waals surface area contributed by atoms with Gasteiger partial charge in [-0.2, -0.15) is 13.2 Å². The average Bonchev–Trinajstić information content (AvgIpc) is 2.86. The van der Waals surface area contributed by atoms with E-state index in [4.69, 9.17) is 5.73 Å². The third-order valence-electron chi connectivity index (χ3n) is 3.68. The summed E-state index contributed by atoms with van der Waals surface area (Å²) in [7, 11) is 0. The minimum absolute atomic E-state index is 0.229. The van der Waals surface area contributed by atoms with Crippen LogP contribution in [0.2, 0.25) is 0 Å². The van der Waals surface area contributed by atoms with Crippen LogP contribution in [0.5, 0.6) is 0 Å². The predicted molar refractivity (Wildman–Crippen MR) is 69.1 cm³/mol. The summed E-state index contributed by atoms with van der Waals surface area (Å²) in [5.41, 5.74) is 3.50. The number of nitrogens with two attached hydrogens (primary N) is 1. The van der Waals surface area contributed by atoms with Crippen molar-refractivity contribution in [2.75, 3.05) is 19.6 Å². The maximum absolute atomic E-state index is 13.9. The maximum Gasteiger partial charge on any atom is 0.419 e. The number of hydrogen-bond acceptors (Lipinski definition) is 2. The molecule has 7 heteroatoms. The fourth-order valence-corrected chi connectivity index (χ4v) is 2.57. The Labute approximate surface area is 119 Å². The Bertz CT molecular complexity index is 530. The van der Waals surface area contributed by atoms with Crippen molar-refractivity contribution in [2.24, 2.45) is 11.7 Å². The van der Waals surface area contributed by atoms with Crippen molar-refractivity contribution in [1.29, 1.82) is 0 Å². The van der Waals surface area contributed by atoms with E-state index in [1.54, 1.807) is 0 Å². The second-order valence-electron chi connectivity index (χ2n) is 5.15. The van der Waals surface area contributed by atoms with Gasteiger partial charge in [0.2, 0.25) is 0 Å². The molecule has 0 aromatic heterocycles. The zero-order valence-corrected chi connectivity index (χ0v) is 11.3. The van der Waals surface area contributed by atoms with Gasteiger partial charge in [-0.05, 0) is 37.4 Å². The minimum Gasteiger partial charge on any atom is -0.338 e. The quantitative estimate of drug-likeness (QED) is 0.873. The molecule has 3 nitrogen and oxygen atoms in total. The SMILES string of the molecule is NCCC1CCN(C(=O)c2cccc(C(F)(F)F)c2F)C1. The molecule has 1 saturated heterocycles. The van der Waals surface area contributed by atoms with Crippen LogP contribution in [0.4, 0.5) is 17.6 Å². The second-order valence-corrected chi connectivity index (χ2v) is 5.15. The van der Waals surface area contributed by atoms with Gasteiger partial charge in [-0.15, -0.1) is 0 Å². The van der Waals surface area contributed by atoms with E-state index in [0.717, 1.165) is 25.0 Å². The van der Waals surface area contributed by atoms with Gasteiger partial charge in [0.1, 0.15) is 5.82 Å². The summed E-state index contributed by atoms with van der Waals surface area (Å²) < 4.78 is 51.9. The van der Waals surface area contributed by atoms with E-state index >= 15 is 0 Å². The lowest BCUT2D eigenvalue weighted by Gasteiger charge is -2.18. The van der Waals surface area contributed by atoms with Gasteiger partial charge < -0.3 is 10.6 Å². The van der Waals surface area contributed by atoms with Crippen LogP contribution in [0.3, 0.4) is 0 Å². The van der Waals surface area contributed by atoms with Crippen LogP contribution >= 0.6 is 0 Å². The smallest absolute Gasteiger partial charge is 0.338 e. The number of carbonyl (C=O) groups excluding carboxylic acids is 1. The van der Waals surface area contributed by atoms with Crippen LogP contribution in [-0.4, -0.2) is 30.4 Å². The molecule has 0 radical (unpaired) electrons. The van der Waals surface area contributed by atoms with E-state index in [0.29, 0.717) is 25.7 Å². The van der Waals surface area contributed by atoms with Crippen LogP contribution < -0.4 is 5.73 Å². The van der Waals surface area contributed by atoms with Gasteiger partial charge in [0.25, 0.3) is 5.91 Å². The number of alkyl halides is 3.